The number of ether oxygens (including phenoxy) is 1. The summed E-state index contributed by atoms with van der Waals surface area (Å²) in [7, 11) is 0. The molecule has 0 amide bonds. The van der Waals surface area contributed by atoms with Gasteiger partial charge in [-0.3, -0.25) is 9.30 Å². The van der Waals surface area contributed by atoms with Gasteiger partial charge in [-0.2, -0.15) is 0 Å². The lowest BCUT2D eigenvalue weighted by Crippen LogP contribution is -2.41. The van der Waals surface area contributed by atoms with Crippen molar-refractivity contribution in [2.45, 2.75) is 45.1 Å². The molecule has 1 saturated carbocycles. The highest BCUT2D eigenvalue weighted by molar-refractivity contribution is 5.49. The fraction of sp³-hybridized carbons (Fsp3) is 0.478. The van der Waals surface area contributed by atoms with Gasteiger partial charge in [-0.1, -0.05) is 37.3 Å². The molecule has 2 aromatic heterocycles. The van der Waals surface area contributed by atoms with Crippen LogP contribution >= 0.6 is 0 Å². The van der Waals surface area contributed by atoms with Crippen molar-refractivity contribution >= 4 is 5.65 Å². The first kappa shape index (κ1) is 17.7. The number of fused-ring (bicyclic) bond motifs is 1. The second-order valence-electron chi connectivity index (χ2n) is 8.82. The van der Waals surface area contributed by atoms with Crippen LogP contribution < -0.4 is 4.74 Å². The summed E-state index contributed by atoms with van der Waals surface area (Å²) < 4.78 is 8.42. The molecule has 0 spiro atoms. The van der Waals surface area contributed by atoms with Gasteiger partial charge < -0.3 is 4.74 Å². The molecule has 0 bridgehead atoms. The monoisotopic (exact) mass is 376 g/mol. The van der Waals surface area contributed by atoms with Gasteiger partial charge in [0, 0.05) is 29.8 Å². The highest BCUT2D eigenvalue weighted by atomic mass is 16.5. The molecule has 0 N–H and O–H groups in total. The second kappa shape index (κ2) is 7.21. The van der Waals surface area contributed by atoms with E-state index >= 15 is 0 Å². The van der Waals surface area contributed by atoms with E-state index in [0.717, 1.165) is 37.6 Å². The van der Waals surface area contributed by atoms with E-state index in [2.05, 4.69) is 64.6 Å². The molecule has 1 aromatic carbocycles. The number of nitrogens with zero attached hydrogens (tertiary/aromatic N) is 4. The molecule has 0 unspecified atom stereocenters. The summed E-state index contributed by atoms with van der Waals surface area (Å²) in [6.07, 6.45) is 8.80. The maximum atomic E-state index is 6.41. The van der Waals surface area contributed by atoms with Gasteiger partial charge in [-0.15, -0.1) is 10.2 Å². The largest absolute Gasteiger partial charge is 0.493 e. The first-order valence-electron chi connectivity index (χ1n) is 10.4. The van der Waals surface area contributed by atoms with E-state index in [1.807, 2.05) is 4.40 Å². The molecular formula is C23H28N4O. The summed E-state index contributed by atoms with van der Waals surface area (Å²) >= 11 is 0. The number of pyridine rings is 1. The van der Waals surface area contributed by atoms with Crippen LogP contribution in [0.3, 0.4) is 0 Å². The molecule has 28 heavy (non-hydrogen) atoms. The van der Waals surface area contributed by atoms with Crippen molar-refractivity contribution in [1.82, 2.24) is 19.5 Å². The number of hydrogen-bond donors (Lipinski definition) is 0. The fourth-order valence-corrected chi connectivity index (χ4v) is 4.18. The predicted molar refractivity (Wildman–Crippen MR) is 110 cm³/mol. The molecule has 2 aliphatic rings. The molecule has 3 aromatic rings. The summed E-state index contributed by atoms with van der Waals surface area (Å²) in [6, 6.07) is 12.8. The third kappa shape index (κ3) is 3.76. The van der Waals surface area contributed by atoms with Crippen molar-refractivity contribution in [2.75, 3.05) is 19.7 Å². The molecule has 5 heteroatoms. The topological polar surface area (TPSA) is 42.7 Å². The van der Waals surface area contributed by atoms with E-state index in [-0.39, 0.29) is 5.41 Å². The average molecular weight is 377 g/mol. The first-order chi connectivity index (χ1) is 13.7. The van der Waals surface area contributed by atoms with E-state index in [9.17, 15) is 0 Å². The smallest absolute Gasteiger partial charge is 0.164 e. The molecule has 0 radical (unpaired) electrons. The lowest BCUT2D eigenvalue weighted by atomic mass is 9.81. The molecule has 2 fully saturated rings. The molecule has 5 rings (SSSR count). The van der Waals surface area contributed by atoms with Crippen LogP contribution in [0.15, 0.2) is 48.9 Å². The molecule has 1 aliphatic heterocycles. The van der Waals surface area contributed by atoms with Crippen molar-refractivity contribution in [1.29, 1.82) is 0 Å². The van der Waals surface area contributed by atoms with E-state index in [4.69, 9.17) is 4.74 Å². The number of benzene rings is 1. The Labute approximate surface area is 166 Å². The van der Waals surface area contributed by atoms with Crippen LogP contribution in [0.2, 0.25) is 0 Å². The SMILES string of the molecule is CC1(COc2cc3nncn3cc2C2CC2)CCN(Cc2ccccc2)CC1. The zero-order valence-electron chi connectivity index (χ0n) is 16.6. The fourth-order valence-electron chi connectivity index (χ4n) is 4.18. The van der Waals surface area contributed by atoms with Crippen LogP contribution in [-0.4, -0.2) is 39.2 Å². The Kier molecular flexibility index (Phi) is 4.55. The van der Waals surface area contributed by atoms with Crippen molar-refractivity contribution in [3.8, 4) is 5.75 Å². The lowest BCUT2D eigenvalue weighted by molar-refractivity contribution is 0.0653. The number of piperidine rings is 1. The Morgan fingerprint density at radius 2 is 1.93 bits per heavy atom. The second-order valence-corrected chi connectivity index (χ2v) is 8.82. The average Bonchev–Trinajstić information content (AvgIpc) is 3.46. The maximum Gasteiger partial charge on any atom is 0.164 e. The van der Waals surface area contributed by atoms with E-state index in [1.165, 1.54) is 36.8 Å². The van der Waals surface area contributed by atoms with Crippen molar-refractivity contribution in [3.63, 3.8) is 0 Å². The Morgan fingerprint density at radius 3 is 2.68 bits per heavy atom. The van der Waals surface area contributed by atoms with Crippen molar-refractivity contribution in [2.24, 2.45) is 5.41 Å². The molecular weight excluding hydrogens is 348 g/mol. The Morgan fingerprint density at radius 1 is 1.14 bits per heavy atom. The van der Waals surface area contributed by atoms with Gasteiger partial charge in [0.25, 0.3) is 0 Å². The van der Waals surface area contributed by atoms with Gasteiger partial charge in [0.2, 0.25) is 0 Å². The summed E-state index contributed by atoms with van der Waals surface area (Å²) in [5, 5.41) is 8.21. The zero-order valence-corrected chi connectivity index (χ0v) is 16.6. The number of likely N-dealkylation sites (tertiary alicyclic amines) is 1. The summed E-state index contributed by atoms with van der Waals surface area (Å²) in [5.41, 5.74) is 3.81. The third-order valence-corrected chi connectivity index (χ3v) is 6.33. The molecule has 3 heterocycles. The molecule has 0 atom stereocenters. The van der Waals surface area contributed by atoms with Gasteiger partial charge in [-0.05, 0) is 50.3 Å². The predicted octanol–water partition coefficient (Wildman–Crippen LogP) is 4.29. The van der Waals surface area contributed by atoms with Gasteiger partial charge in [0.15, 0.2) is 5.65 Å². The van der Waals surface area contributed by atoms with Gasteiger partial charge in [-0.25, -0.2) is 0 Å². The van der Waals surface area contributed by atoms with Crippen LogP contribution in [0.1, 0.15) is 49.7 Å². The Balaban J connectivity index is 1.22. The minimum absolute atomic E-state index is 0.230. The van der Waals surface area contributed by atoms with Crippen LogP contribution in [-0.2, 0) is 6.54 Å². The van der Waals surface area contributed by atoms with Crippen LogP contribution in [0.5, 0.6) is 5.75 Å². The standard InChI is InChI=1S/C23H28N4O/c1-23(9-11-26(12-10-23)14-18-5-3-2-4-6-18)16-28-21-13-22-25-24-17-27(22)15-20(21)19-7-8-19/h2-6,13,15,17,19H,7-12,14,16H2,1H3. The molecule has 146 valence electrons. The van der Waals surface area contributed by atoms with E-state index in [0.29, 0.717) is 5.92 Å². The quantitative estimate of drug-likeness (QED) is 0.644. The Hall–Kier alpha value is -2.40. The normalized spacial score (nSPS) is 19.8. The minimum atomic E-state index is 0.230. The van der Waals surface area contributed by atoms with E-state index in [1.54, 1.807) is 6.33 Å². The number of hydrogen-bond acceptors (Lipinski definition) is 4. The van der Waals surface area contributed by atoms with Crippen LogP contribution in [0, 0.1) is 5.41 Å². The van der Waals surface area contributed by atoms with Crippen molar-refractivity contribution < 1.29 is 4.74 Å². The van der Waals surface area contributed by atoms with Crippen LogP contribution in [0.4, 0.5) is 0 Å². The Bertz CT molecular complexity index is 940. The van der Waals surface area contributed by atoms with Gasteiger partial charge in [0.05, 0.1) is 6.61 Å². The van der Waals surface area contributed by atoms with Crippen LogP contribution in [0.25, 0.3) is 5.65 Å². The third-order valence-electron chi connectivity index (χ3n) is 6.33. The van der Waals surface area contributed by atoms with Crippen molar-refractivity contribution in [3.05, 3.63) is 60.0 Å². The number of rotatable bonds is 6. The lowest BCUT2D eigenvalue weighted by Gasteiger charge is -2.39. The van der Waals surface area contributed by atoms with Gasteiger partial charge >= 0.3 is 0 Å². The maximum absolute atomic E-state index is 6.41. The number of aromatic nitrogens is 3. The highest BCUT2D eigenvalue weighted by Crippen LogP contribution is 2.45. The zero-order chi connectivity index (χ0) is 19.0. The van der Waals surface area contributed by atoms with Gasteiger partial charge in [0.1, 0.15) is 12.1 Å². The minimum Gasteiger partial charge on any atom is -0.493 e. The summed E-state index contributed by atoms with van der Waals surface area (Å²) in [5.74, 6) is 1.65. The first-order valence-corrected chi connectivity index (χ1v) is 10.4. The summed E-state index contributed by atoms with van der Waals surface area (Å²) in [6.45, 7) is 6.46. The highest BCUT2D eigenvalue weighted by Gasteiger charge is 2.32. The summed E-state index contributed by atoms with van der Waals surface area (Å²) in [4.78, 5) is 2.56. The molecule has 5 nitrogen and oxygen atoms in total. The molecule has 1 saturated heterocycles. The van der Waals surface area contributed by atoms with E-state index < -0.39 is 0 Å². The molecule has 1 aliphatic carbocycles.